The van der Waals surface area contributed by atoms with E-state index in [1.54, 1.807) is 17.0 Å². The Hall–Kier alpha value is -4.12. The molecule has 7 rings (SSSR count). The van der Waals surface area contributed by atoms with Crippen molar-refractivity contribution >= 4 is 17.7 Å². The first-order valence-corrected chi connectivity index (χ1v) is 13.5. The molecule has 4 aliphatic rings. The predicted octanol–water partition coefficient (Wildman–Crippen LogP) is 3.02. The molecule has 1 spiro atoms. The molecule has 1 N–H and O–H groups in total. The highest BCUT2D eigenvalue weighted by atomic mass is 19.3. The van der Waals surface area contributed by atoms with Gasteiger partial charge in [0, 0.05) is 52.5 Å². The molecular formula is C30H29F2N5O4. The largest absolute Gasteiger partial charge is 0.492 e. The fraction of sp³-hybridized carbons (Fsp3) is 0.400. The molecule has 9 nitrogen and oxygen atoms in total. The van der Waals surface area contributed by atoms with Gasteiger partial charge < -0.3 is 9.64 Å². The standard InChI is InChI=1S/C30H29F2N5O4/c1-35-14-20(12-33-35)19-4-2-3-18(11-19)13-36-10-9-29(30(31,32)16-36)17-41-26-22-15-37(24-7-8-25(38)34-27(24)39)28(40)21(22)5-6-23(26)29/h2-6,11-12,14,24H,7-10,13,15-17H2,1H3,(H,34,38,39)/t24-,29?/m0/s1/i1D3. The maximum Gasteiger partial charge on any atom is 0.273 e. The lowest BCUT2D eigenvalue weighted by Crippen LogP contribution is -2.58. The van der Waals surface area contributed by atoms with Crippen LogP contribution >= 0.6 is 0 Å². The number of fused-ring (bicyclic) bond motifs is 4. The van der Waals surface area contributed by atoms with E-state index in [2.05, 4.69) is 10.4 Å². The normalized spacial score (nSPS) is 26.7. The van der Waals surface area contributed by atoms with Gasteiger partial charge in [0.15, 0.2) is 0 Å². The van der Waals surface area contributed by atoms with Crippen LogP contribution in [0.4, 0.5) is 8.78 Å². The van der Waals surface area contributed by atoms with Crippen LogP contribution in [0, 0.1) is 0 Å². The summed E-state index contributed by atoms with van der Waals surface area (Å²) in [6.45, 7) is -2.38. The number of ether oxygens (including phenoxy) is 1. The van der Waals surface area contributed by atoms with Crippen molar-refractivity contribution in [1.29, 1.82) is 0 Å². The van der Waals surface area contributed by atoms with Crippen LogP contribution in [0.3, 0.4) is 0 Å². The van der Waals surface area contributed by atoms with Crippen molar-refractivity contribution < 1.29 is 32.0 Å². The fourth-order valence-electron chi connectivity index (χ4n) is 6.69. The second-order valence-electron chi connectivity index (χ2n) is 11.3. The van der Waals surface area contributed by atoms with E-state index in [0.29, 0.717) is 34.5 Å². The molecule has 3 aromatic rings. The number of aryl methyl sites for hydroxylation is 1. The molecule has 2 saturated heterocycles. The topological polar surface area (TPSA) is 96.8 Å². The van der Waals surface area contributed by atoms with Gasteiger partial charge in [0.05, 0.1) is 24.7 Å². The summed E-state index contributed by atoms with van der Waals surface area (Å²) in [7, 11) is 0. The van der Waals surface area contributed by atoms with Gasteiger partial charge in [-0.2, -0.15) is 5.10 Å². The average Bonchev–Trinajstić information content (AvgIpc) is 3.68. The predicted molar refractivity (Wildman–Crippen MR) is 143 cm³/mol. The van der Waals surface area contributed by atoms with Crippen molar-refractivity contribution in [1.82, 2.24) is 24.9 Å². The van der Waals surface area contributed by atoms with Gasteiger partial charge in [0.25, 0.3) is 11.8 Å². The van der Waals surface area contributed by atoms with Crippen molar-refractivity contribution in [3.8, 4) is 16.9 Å². The van der Waals surface area contributed by atoms with Gasteiger partial charge in [0.2, 0.25) is 11.8 Å². The number of hydrogen-bond acceptors (Lipinski definition) is 6. The second-order valence-corrected chi connectivity index (χ2v) is 11.3. The molecule has 0 aliphatic carbocycles. The van der Waals surface area contributed by atoms with Crippen molar-refractivity contribution in [2.24, 2.45) is 6.98 Å². The van der Waals surface area contributed by atoms with Crippen molar-refractivity contribution in [2.45, 2.75) is 49.7 Å². The third-order valence-electron chi connectivity index (χ3n) is 8.87. The van der Waals surface area contributed by atoms with Crippen LogP contribution in [-0.2, 0) is 35.1 Å². The lowest BCUT2D eigenvalue weighted by atomic mass is 9.71. The SMILES string of the molecule is [2H]C([2H])([2H])n1cc(-c2cccc(CN3CCC4(COc5c4ccc4c5CN([C@H]5CCC(=O)NC5=O)C4=O)C(F)(F)C3)c2)cn1. The van der Waals surface area contributed by atoms with E-state index in [9.17, 15) is 14.4 Å². The molecule has 2 atom stereocenters. The molecule has 4 aliphatic heterocycles. The lowest BCUT2D eigenvalue weighted by molar-refractivity contribution is -0.137. The Morgan fingerprint density at radius 3 is 2.85 bits per heavy atom. The number of nitrogens with one attached hydrogen (secondary N) is 1. The molecule has 212 valence electrons. The molecule has 0 radical (unpaired) electrons. The molecule has 2 fully saturated rings. The minimum Gasteiger partial charge on any atom is -0.492 e. The van der Waals surface area contributed by atoms with E-state index in [1.165, 1.54) is 17.3 Å². The van der Waals surface area contributed by atoms with Gasteiger partial charge in [-0.1, -0.05) is 24.3 Å². The number of nitrogens with zero attached hydrogens (tertiary/aromatic N) is 4. The van der Waals surface area contributed by atoms with Crippen LogP contribution in [0.15, 0.2) is 48.8 Å². The van der Waals surface area contributed by atoms with Crippen LogP contribution < -0.4 is 10.1 Å². The van der Waals surface area contributed by atoms with Crippen LogP contribution in [0.2, 0.25) is 0 Å². The van der Waals surface area contributed by atoms with Gasteiger partial charge in [-0.15, -0.1) is 0 Å². The minimum absolute atomic E-state index is 0.0546. The van der Waals surface area contributed by atoms with E-state index in [4.69, 9.17) is 8.85 Å². The number of benzene rings is 2. The molecule has 41 heavy (non-hydrogen) atoms. The maximum atomic E-state index is 16.2. The highest BCUT2D eigenvalue weighted by Crippen LogP contribution is 2.55. The number of hydrogen-bond donors (Lipinski definition) is 1. The molecule has 3 amide bonds. The summed E-state index contributed by atoms with van der Waals surface area (Å²) in [6, 6.07) is 9.65. The number of imide groups is 1. The number of rotatable bonds is 4. The minimum atomic E-state index is -3.14. The van der Waals surface area contributed by atoms with E-state index < -0.39 is 36.8 Å². The second kappa shape index (κ2) is 9.20. The highest BCUT2D eigenvalue weighted by Gasteiger charge is 2.62. The van der Waals surface area contributed by atoms with Gasteiger partial charge in [0.1, 0.15) is 18.4 Å². The smallest absolute Gasteiger partial charge is 0.273 e. The molecule has 2 aromatic carbocycles. The number of halogens is 2. The first-order chi connectivity index (χ1) is 20.9. The van der Waals surface area contributed by atoms with E-state index in [-0.39, 0.29) is 50.8 Å². The fourth-order valence-corrected chi connectivity index (χ4v) is 6.69. The van der Waals surface area contributed by atoms with Crippen molar-refractivity contribution in [3.05, 3.63) is 71.0 Å². The number of likely N-dealkylation sites (tertiary alicyclic amines) is 1. The first-order valence-electron chi connectivity index (χ1n) is 15.0. The monoisotopic (exact) mass is 564 g/mol. The van der Waals surface area contributed by atoms with Crippen LogP contribution in [0.5, 0.6) is 5.75 Å². The number of aromatic nitrogens is 2. The number of alkyl halides is 2. The van der Waals surface area contributed by atoms with Gasteiger partial charge in [-0.05, 0) is 42.6 Å². The molecule has 0 saturated carbocycles. The molecule has 5 heterocycles. The van der Waals surface area contributed by atoms with Gasteiger partial charge >= 0.3 is 0 Å². The molecule has 11 heteroatoms. The summed E-state index contributed by atoms with van der Waals surface area (Å²) in [5.41, 5.74) is 1.83. The Morgan fingerprint density at radius 2 is 2.07 bits per heavy atom. The van der Waals surface area contributed by atoms with Crippen LogP contribution in [0.1, 0.15) is 50.4 Å². The van der Waals surface area contributed by atoms with E-state index >= 15 is 8.78 Å². The molecular weight excluding hydrogens is 532 g/mol. The Bertz CT molecular complexity index is 1710. The third kappa shape index (κ3) is 4.05. The zero-order valence-corrected chi connectivity index (χ0v) is 22.0. The van der Waals surface area contributed by atoms with E-state index in [1.807, 2.05) is 24.3 Å². The zero-order chi connectivity index (χ0) is 31.0. The third-order valence-corrected chi connectivity index (χ3v) is 8.87. The Kier molecular flexibility index (Phi) is 5.06. The summed E-state index contributed by atoms with van der Waals surface area (Å²) in [4.78, 5) is 40.4. The Morgan fingerprint density at radius 1 is 1.20 bits per heavy atom. The van der Waals surface area contributed by atoms with Crippen LogP contribution in [-0.4, -0.2) is 69.0 Å². The number of carbonyl (C=O) groups excluding carboxylic acids is 3. The number of amides is 3. The Labute approximate surface area is 239 Å². The molecule has 1 unspecified atom stereocenters. The number of piperidine rings is 2. The summed E-state index contributed by atoms with van der Waals surface area (Å²) >= 11 is 0. The van der Waals surface area contributed by atoms with Crippen molar-refractivity contribution in [3.63, 3.8) is 0 Å². The summed E-state index contributed by atoms with van der Waals surface area (Å²) in [5.74, 6) is -4.15. The number of carbonyl (C=O) groups is 3. The highest BCUT2D eigenvalue weighted by molar-refractivity contribution is 6.05. The summed E-state index contributed by atoms with van der Waals surface area (Å²) < 4.78 is 61.8. The summed E-state index contributed by atoms with van der Waals surface area (Å²) in [6.07, 6.45) is 3.38. The van der Waals surface area contributed by atoms with Gasteiger partial charge in [-0.3, -0.25) is 29.3 Å². The average molecular weight is 565 g/mol. The quantitative estimate of drug-likeness (QED) is 0.490. The van der Waals surface area contributed by atoms with Crippen molar-refractivity contribution in [2.75, 3.05) is 19.7 Å². The maximum absolute atomic E-state index is 16.2. The lowest BCUT2D eigenvalue weighted by Gasteiger charge is -2.44. The van der Waals surface area contributed by atoms with Crippen LogP contribution in [0.25, 0.3) is 11.1 Å². The molecule has 1 aromatic heterocycles. The molecule has 0 bridgehead atoms. The first kappa shape index (κ1) is 22.6. The van der Waals surface area contributed by atoms with Gasteiger partial charge in [-0.25, -0.2) is 8.78 Å². The Balaban J connectivity index is 1.09. The van der Waals surface area contributed by atoms with E-state index in [0.717, 1.165) is 15.8 Å². The summed E-state index contributed by atoms with van der Waals surface area (Å²) in [5, 5.41) is 6.20. The zero-order valence-electron chi connectivity index (χ0n) is 25.0.